The molecule has 0 saturated carbocycles. The average Bonchev–Trinajstić information content (AvgIpc) is 2.54. The van der Waals surface area contributed by atoms with Crippen molar-refractivity contribution in [3.63, 3.8) is 0 Å². The number of methoxy groups -OCH3 is 1. The quantitative estimate of drug-likeness (QED) is 0.533. The summed E-state index contributed by atoms with van der Waals surface area (Å²) in [6.45, 7) is 6.42. The Bertz CT molecular complexity index is 486. The second kappa shape index (κ2) is 10.7. The van der Waals surface area contributed by atoms with Gasteiger partial charge in [-0.3, -0.25) is 4.79 Å². The number of ether oxygens (including phenoxy) is 3. The SMILES string of the molecule is CCOCCCNC(=O)/C=C/c1ccc(OCC)c(OC)c1. The maximum Gasteiger partial charge on any atom is 0.244 e. The molecule has 0 aliphatic heterocycles. The van der Waals surface area contributed by atoms with Crippen LogP contribution in [0.5, 0.6) is 11.5 Å². The van der Waals surface area contributed by atoms with Gasteiger partial charge in [-0.1, -0.05) is 6.07 Å². The van der Waals surface area contributed by atoms with Gasteiger partial charge in [0.1, 0.15) is 0 Å². The molecule has 0 unspecified atom stereocenters. The molecule has 0 aromatic heterocycles. The first kappa shape index (κ1) is 18.0. The minimum atomic E-state index is -0.121. The fourth-order valence-electron chi connectivity index (χ4n) is 1.82. The maximum atomic E-state index is 11.7. The number of amides is 1. The van der Waals surface area contributed by atoms with E-state index in [0.29, 0.717) is 37.9 Å². The molecule has 1 aromatic carbocycles. The van der Waals surface area contributed by atoms with Crippen LogP contribution in [0.2, 0.25) is 0 Å². The highest BCUT2D eigenvalue weighted by Crippen LogP contribution is 2.28. The minimum Gasteiger partial charge on any atom is -0.493 e. The van der Waals surface area contributed by atoms with Crippen LogP contribution < -0.4 is 14.8 Å². The maximum absolute atomic E-state index is 11.7. The van der Waals surface area contributed by atoms with Crippen molar-refractivity contribution in [1.29, 1.82) is 0 Å². The number of rotatable bonds is 10. The molecule has 122 valence electrons. The summed E-state index contributed by atoms with van der Waals surface area (Å²) in [5.74, 6) is 1.23. The van der Waals surface area contributed by atoms with Gasteiger partial charge in [-0.25, -0.2) is 0 Å². The van der Waals surface area contributed by atoms with Crippen molar-refractivity contribution in [3.8, 4) is 11.5 Å². The van der Waals surface area contributed by atoms with Crippen LogP contribution in [0, 0.1) is 0 Å². The van der Waals surface area contributed by atoms with E-state index in [0.717, 1.165) is 12.0 Å². The monoisotopic (exact) mass is 307 g/mol. The van der Waals surface area contributed by atoms with Gasteiger partial charge in [0.05, 0.1) is 13.7 Å². The van der Waals surface area contributed by atoms with E-state index in [1.807, 2.05) is 32.0 Å². The van der Waals surface area contributed by atoms with Crippen LogP contribution in [-0.4, -0.2) is 39.4 Å². The van der Waals surface area contributed by atoms with Gasteiger partial charge in [0.15, 0.2) is 11.5 Å². The Kier molecular flexibility index (Phi) is 8.76. The van der Waals surface area contributed by atoms with E-state index in [9.17, 15) is 4.79 Å². The molecule has 0 aliphatic rings. The fraction of sp³-hybridized carbons (Fsp3) is 0.471. The van der Waals surface area contributed by atoms with E-state index in [2.05, 4.69) is 5.32 Å². The van der Waals surface area contributed by atoms with Crippen molar-refractivity contribution in [2.75, 3.05) is 33.5 Å². The number of carbonyl (C=O) groups is 1. The van der Waals surface area contributed by atoms with Gasteiger partial charge in [0.2, 0.25) is 5.91 Å². The molecule has 1 N–H and O–H groups in total. The lowest BCUT2D eigenvalue weighted by Gasteiger charge is -2.09. The molecular formula is C17H25NO4. The zero-order chi connectivity index (χ0) is 16.2. The summed E-state index contributed by atoms with van der Waals surface area (Å²) in [6.07, 6.45) is 4.07. The van der Waals surface area contributed by atoms with Crippen molar-refractivity contribution in [3.05, 3.63) is 29.8 Å². The third-order valence-electron chi connectivity index (χ3n) is 2.88. The number of hydrogen-bond donors (Lipinski definition) is 1. The molecule has 1 rings (SSSR count). The van der Waals surface area contributed by atoms with Gasteiger partial charge >= 0.3 is 0 Å². The summed E-state index contributed by atoms with van der Waals surface area (Å²) in [4.78, 5) is 11.7. The molecule has 22 heavy (non-hydrogen) atoms. The van der Waals surface area contributed by atoms with Crippen LogP contribution in [0.15, 0.2) is 24.3 Å². The Labute approximate surface area is 132 Å². The molecule has 0 atom stereocenters. The van der Waals surface area contributed by atoms with Crippen LogP contribution in [-0.2, 0) is 9.53 Å². The minimum absolute atomic E-state index is 0.121. The highest BCUT2D eigenvalue weighted by atomic mass is 16.5. The summed E-state index contributed by atoms with van der Waals surface area (Å²) in [5, 5.41) is 2.81. The summed E-state index contributed by atoms with van der Waals surface area (Å²) in [5.41, 5.74) is 0.879. The lowest BCUT2D eigenvalue weighted by molar-refractivity contribution is -0.116. The first-order chi connectivity index (χ1) is 10.7. The van der Waals surface area contributed by atoms with Crippen molar-refractivity contribution >= 4 is 12.0 Å². The summed E-state index contributed by atoms with van der Waals surface area (Å²) in [6, 6.07) is 5.55. The van der Waals surface area contributed by atoms with Crippen LogP contribution in [0.4, 0.5) is 0 Å². The predicted molar refractivity (Wildman–Crippen MR) is 87.3 cm³/mol. The van der Waals surface area contributed by atoms with Gasteiger partial charge in [0.25, 0.3) is 0 Å². The Morgan fingerprint density at radius 3 is 2.73 bits per heavy atom. The molecule has 0 saturated heterocycles. The average molecular weight is 307 g/mol. The molecule has 0 spiro atoms. The molecule has 0 aliphatic carbocycles. The topological polar surface area (TPSA) is 56.8 Å². The van der Waals surface area contributed by atoms with Crippen molar-refractivity contribution in [1.82, 2.24) is 5.32 Å². The Morgan fingerprint density at radius 1 is 1.23 bits per heavy atom. The van der Waals surface area contributed by atoms with Crippen molar-refractivity contribution in [2.24, 2.45) is 0 Å². The lowest BCUT2D eigenvalue weighted by Crippen LogP contribution is -2.23. The van der Waals surface area contributed by atoms with Crippen LogP contribution in [0.1, 0.15) is 25.8 Å². The van der Waals surface area contributed by atoms with E-state index in [1.54, 1.807) is 13.2 Å². The van der Waals surface area contributed by atoms with E-state index >= 15 is 0 Å². The molecule has 0 fully saturated rings. The van der Waals surface area contributed by atoms with Gasteiger partial charge in [-0.05, 0) is 44.0 Å². The number of nitrogens with one attached hydrogen (secondary N) is 1. The Morgan fingerprint density at radius 2 is 2.05 bits per heavy atom. The molecule has 0 radical (unpaired) electrons. The molecule has 5 heteroatoms. The third kappa shape index (κ3) is 6.63. The van der Waals surface area contributed by atoms with Crippen molar-refractivity contribution < 1.29 is 19.0 Å². The molecule has 0 bridgehead atoms. The van der Waals surface area contributed by atoms with Crippen LogP contribution in [0.25, 0.3) is 6.08 Å². The van der Waals surface area contributed by atoms with E-state index in [-0.39, 0.29) is 5.91 Å². The first-order valence-corrected chi connectivity index (χ1v) is 7.55. The second-order valence-electron chi connectivity index (χ2n) is 4.52. The molecule has 1 aromatic rings. The highest BCUT2D eigenvalue weighted by molar-refractivity contribution is 5.91. The molecular weight excluding hydrogens is 282 g/mol. The smallest absolute Gasteiger partial charge is 0.244 e. The second-order valence-corrected chi connectivity index (χ2v) is 4.52. The summed E-state index contributed by atoms with van der Waals surface area (Å²) >= 11 is 0. The zero-order valence-corrected chi connectivity index (χ0v) is 13.6. The van der Waals surface area contributed by atoms with Gasteiger partial charge in [0, 0.05) is 25.8 Å². The van der Waals surface area contributed by atoms with Gasteiger partial charge in [-0.2, -0.15) is 0 Å². The van der Waals surface area contributed by atoms with E-state index in [1.165, 1.54) is 6.08 Å². The standard InChI is InChI=1S/C17H25NO4/c1-4-21-12-6-11-18-17(19)10-8-14-7-9-15(22-5-2)16(13-14)20-3/h7-10,13H,4-6,11-12H2,1-3H3,(H,18,19)/b10-8+. The molecule has 5 nitrogen and oxygen atoms in total. The normalized spacial score (nSPS) is 10.7. The van der Waals surface area contributed by atoms with Gasteiger partial charge < -0.3 is 19.5 Å². The fourth-order valence-corrected chi connectivity index (χ4v) is 1.82. The molecule has 0 heterocycles. The third-order valence-corrected chi connectivity index (χ3v) is 2.88. The summed E-state index contributed by atoms with van der Waals surface area (Å²) in [7, 11) is 1.59. The van der Waals surface area contributed by atoms with E-state index in [4.69, 9.17) is 14.2 Å². The Balaban J connectivity index is 2.49. The summed E-state index contributed by atoms with van der Waals surface area (Å²) < 4.78 is 15.9. The molecule has 1 amide bonds. The number of carbonyl (C=O) groups excluding carboxylic acids is 1. The number of hydrogen-bond acceptors (Lipinski definition) is 4. The van der Waals surface area contributed by atoms with Crippen LogP contribution >= 0.6 is 0 Å². The van der Waals surface area contributed by atoms with E-state index < -0.39 is 0 Å². The number of benzene rings is 1. The van der Waals surface area contributed by atoms with Crippen LogP contribution in [0.3, 0.4) is 0 Å². The lowest BCUT2D eigenvalue weighted by atomic mass is 10.2. The van der Waals surface area contributed by atoms with Crippen molar-refractivity contribution in [2.45, 2.75) is 20.3 Å². The highest BCUT2D eigenvalue weighted by Gasteiger charge is 2.04. The predicted octanol–water partition coefficient (Wildman–Crippen LogP) is 2.65. The largest absolute Gasteiger partial charge is 0.493 e. The first-order valence-electron chi connectivity index (χ1n) is 7.55. The Hall–Kier alpha value is -2.01. The zero-order valence-electron chi connectivity index (χ0n) is 13.6. The van der Waals surface area contributed by atoms with Gasteiger partial charge in [-0.15, -0.1) is 0 Å².